The van der Waals surface area contributed by atoms with Crippen LogP contribution in [0.25, 0.3) is 0 Å². The van der Waals surface area contributed by atoms with Crippen LogP contribution in [0.15, 0.2) is 24.3 Å². The molecule has 5 nitrogen and oxygen atoms in total. The van der Waals surface area contributed by atoms with Gasteiger partial charge in [-0.2, -0.15) is 0 Å². The van der Waals surface area contributed by atoms with Gasteiger partial charge in [0.2, 0.25) is 5.91 Å². The van der Waals surface area contributed by atoms with Crippen molar-refractivity contribution in [2.45, 2.75) is 96.5 Å². The predicted octanol–water partition coefficient (Wildman–Crippen LogP) is 5.82. The van der Waals surface area contributed by atoms with E-state index in [0.29, 0.717) is 11.3 Å². The second-order valence-corrected chi connectivity index (χ2v) is 8.06. The normalized spacial score (nSPS) is 16.9. The number of hydrogen-bond donors (Lipinski definition) is 1. The maximum Gasteiger partial charge on any atom is 0.306 e. The van der Waals surface area contributed by atoms with Crippen molar-refractivity contribution in [3.05, 3.63) is 29.8 Å². The Balaban J connectivity index is 1.74. The van der Waals surface area contributed by atoms with Crippen LogP contribution in [-0.4, -0.2) is 23.8 Å². The maximum atomic E-state index is 12.2. The summed E-state index contributed by atoms with van der Waals surface area (Å²) in [5.41, 5.74) is 1.11. The standard InChI is InChI=1S/C24H35NO4/c1-19(26)20-12-11-13-21(18-20)25-23(27)16-17-24(28)29-22-14-9-7-5-3-2-4-6-8-10-15-22/h11-13,18,22H,2-10,14-17H2,1H3,(H,25,27). The highest BCUT2D eigenvalue weighted by Gasteiger charge is 2.16. The Morgan fingerprint density at radius 2 is 1.48 bits per heavy atom. The summed E-state index contributed by atoms with van der Waals surface area (Å²) < 4.78 is 5.68. The lowest BCUT2D eigenvalue weighted by atomic mass is 9.99. The Morgan fingerprint density at radius 3 is 2.07 bits per heavy atom. The SMILES string of the molecule is CC(=O)c1cccc(NC(=O)CCC(=O)OC2CCCCCCCCCCC2)c1. The predicted molar refractivity (Wildman–Crippen MR) is 115 cm³/mol. The average Bonchev–Trinajstić information content (AvgIpc) is 2.68. The summed E-state index contributed by atoms with van der Waals surface area (Å²) in [6.07, 6.45) is 13.1. The van der Waals surface area contributed by atoms with Crippen LogP contribution >= 0.6 is 0 Å². The van der Waals surface area contributed by atoms with E-state index in [9.17, 15) is 14.4 Å². The first-order valence-electron chi connectivity index (χ1n) is 11.1. The van der Waals surface area contributed by atoms with Crippen molar-refractivity contribution in [3.63, 3.8) is 0 Å². The molecule has 0 radical (unpaired) electrons. The van der Waals surface area contributed by atoms with Gasteiger partial charge in [0.15, 0.2) is 5.78 Å². The van der Waals surface area contributed by atoms with Gasteiger partial charge in [0, 0.05) is 17.7 Å². The molecule has 29 heavy (non-hydrogen) atoms. The summed E-state index contributed by atoms with van der Waals surface area (Å²) in [6.45, 7) is 1.49. The van der Waals surface area contributed by atoms with E-state index in [2.05, 4.69) is 5.32 Å². The van der Waals surface area contributed by atoms with Crippen LogP contribution in [0.4, 0.5) is 5.69 Å². The van der Waals surface area contributed by atoms with E-state index < -0.39 is 0 Å². The van der Waals surface area contributed by atoms with Crippen molar-refractivity contribution >= 4 is 23.3 Å². The van der Waals surface area contributed by atoms with E-state index in [0.717, 1.165) is 25.7 Å². The minimum Gasteiger partial charge on any atom is -0.462 e. The topological polar surface area (TPSA) is 72.5 Å². The summed E-state index contributed by atoms with van der Waals surface area (Å²) in [4.78, 5) is 35.8. The van der Waals surface area contributed by atoms with E-state index in [-0.39, 0.29) is 36.6 Å². The third kappa shape index (κ3) is 9.73. The second-order valence-electron chi connectivity index (χ2n) is 8.06. The van der Waals surface area contributed by atoms with Crippen LogP contribution in [0.3, 0.4) is 0 Å². The molecule has 160 valence electrons. The zero-order valence-corrected chi connectivity index (χ0v) is 17.7. The molecule has 1 fully saturated rings. The summed E-state index contributed by atoms with van der Waals surface area (Å²) in [5, 5.41) is 2.74. The molecule has 0 bridgehead atoms. The molecule has 0 unspecified atom stereocenters. The smallest absolute Gasteiger partial charge is 0.306 e. The molecule has 0 atom stereocenters. The number of carbonyl (C=O) groups is 3. The molecule has 1 aliphatic rings. The van der Waals surface area contributed by atoms with Crippen molar-refractivity contribution in [1.82, 2.24) is 0 Å². The fraction of sp³-hybridized carbons (Fsp3) is 0.625. The highest BCUT2D eigenvalue weighted by Crippen LogP contribution is 2.19. The van der Waals surface area contributed by atoms with E-state index in [1.165, 1.54) is 51.9 Å². The van der Waals surface area contributed by atoms with Crippen LogP contribution in [-0.2, 0) is 14.3 Å². The minimum atomic E-state index is -0.297. The van der Waals surface area contributed by atoms with Crippen molar-refractivity contribution in [2.75, 3.05) is 5.32 Å². The quantitative estimate of drug-likeness (QED) is 0.481. The fourth-order valence-corrected chi connectivity index (χ4v) is 3.74. The van der Waals surface area contributed by atoms with Gasteiger partial charge in [0.1, 0.15) is 6.10 Å². The molecule has 0 aliphatic heterocycles. The fourth-order valence-electron chi connectivity index (χ4n) is 3.74. The van der Waals surface area contributed by atoms with Gasteiger partial charge in [0.25, 0.3) is 0 Å². The summed E-state index contributed by atoms with van der Waals surface area (Å²) in [7, 11) is 0. The van der Waals surface area contributed by atoms with E-state index in [1.807, 2.05) is 0 Å². The maximum absolute atomic E-state index is 12.2. The molecule has 1 N–H and O–H groups in total. The number of esters is 1. The lowest BCUT2D eigenvalue weighted by Crippen LogP contribution is -2.20. The number of ketones is 1. The summed E-state index contributed by atoms with van der Waals surface area (Å²) in [6, 6.07) is 6.81. The Bertz CT molecular complexity index is 659. The first kappa shape index (κ1) is 23.1. The van der Waals surface area contributed by atoms with Crippen LogP contribution in [0.5, 0.6) is 0 Å². The Kier molecular flexibility index (Phi) is 10.5. The van der Waals surface area contributed by atoms with Gasteiger partial charge in [-0.15, -0.1) is 0 Å². The molecule has 1 aliphatic carbocycles. The number of Topliss-reactive ketones (excluding diaryl/α,β-unsaturated/α-hetero) is 1. The van der Waals surface area contributed by atoms with Crippen LogP contribution in [0.1, 0.15) is 101 Å². The number of anilines is 1. The zero-order chi connectivity index (χ0) is 20.9. The van der Waals surface area contributed by atoms with Crippen LogP contribution in [0, 0.1) is 0 Å². The van der Waals surface area contributed by atoms with Gasteiger partial charge in [0.05, 0.1) is 6.42 Å². The Morgan fingerprint density at radius 1 is 0.897 bits per heavy atom. The molecule has 2 rings (SSSR count). The number of hydrogen-bond acceptors (Lipinski definition) is 4. The first-order chi connectivity index (χ1) is 14.0. The second kappa shape index (κ2) is 13.1. The van der Waals surface area contributed by atoms with Gasteiger partial charge < -0.3 is 10.1 Å². The van der Waals surface area contributed by atoms with E-state index in [4.69, 9.17) is 4.74 Å². The lowest BCUT2D eigenvalue weighted by Gasteiger charge is -2.18. The highest BCUT2D eigenvalue weighted by molar-refractivity contribution is 5.97. The largest absolute Gasteiger partial charge is 0.462 e. The number of nitrogens with one attached hydrogen (secondary N) is 1. The molecule has 0 saturated heterocycles. The molecule has 1 aromatic rings. The monoisotopic (exact) mass is 401 g/mol. The Hall–Kier alpha value is -2.17. The van der Waals surface area contributed by atoms with Gasteiger partial charge in [-0.05, 0) is 44.7 Å². The minimum absolute atomic E-state index is 0.0164. The van der Waals surface area contributed by atoms with Gasteiger partial charge in [-0.3, -0.25) is 14.4 Å². The number of benzene rings is 1. The zero-order valence-electron chi connectivity index (χ0n) is 17.7. The number of carbonyl (C=O) groups excluding carboxylic acids is 3. The van der Waals surface area contributed by atoms with Crippen molar-refractivity contribution in [1.29, 1.82) is 0 Å². The van der Waals surface area contributed by atoms with Crippen LogP contribution in [0.2, 0.25) is 0 Å². The third-order valence-corrected chi connectivity index (χ3v) is 5.46. The van der Waals surface area contributed by atoms with Crippen LogP contribution < -0.4 is 5.32 Å². The summed E-state index contributed by atoms with van der Waals surface area (Å²) >= 11 is 0. The Labute approximate surface area is 174 Å². The summed E-state index contributed by atoms with van der Waals surface area (Å²) in [5.74, 6) is -0.599. The van der Waals surface area contributed by atoms with Crippen molar-refractivity contribution < 1.29 is 19.1 Å². The van der Waals surface area contributed by atoms with Gasteiger partial charge in [-0.25, -0.2) is 0 Å². The average molecular weight is 402 g/mol. The molecular weight excluding hydrogens is 366 g/mol. The first-order valence-corrected chi connectivity index (χ1v) is 11.1. The molecule has 0 aromatic heterocycles. The number of amides is 1. The molecular formula is C24H35NO4. The lowest BCUT2D eigenvalue weighted by molar-refractivity contribution is -0.150. The van der Waals surface area contributed by atoms with Crippen molar-refractivity contribution in [2.24, 2.45) is 0 Å². The van der Waals surface area contributed by atoms with Gasteiger partial charge >= 0.3 is 5.97 Å². The third-order valence-electron chi connectivity index (χ3n) is 5.46. The van der Waals surface area contributed by atoms with Gasteiger partial charge in [-0.1, -0.05) is 57.1 Å². The molecule has 0 heterocycles. The molecule has 0 spiro atoms. The van der Waals surface area contributed by atoms with Crippen molar-refractivity contribution in [3.8, 4) is 0 Å². The number of rotatable bonds is 6. The van der Waals surface area contributed by atoms with E-state index >= 15 is 0 Å². The molecule has 5 heteroatoms. The molecule has 1 aromatic carbocycles. The van der Waals surface area contributed by atoms with E-state index in [1.54, 1.807) is 24.3 Å². The highest BCUT2D eigenvalue weighted by atomic mass is 16.5. The molecule has 1 saturated carbocycles. The molecule has 1 amide bonds. The number of ether oxygens (including phenoxy) is 1.